The van der Waals surface area contributed by atoms with Crippen LogP contribution in [0.3, 0.4) is 0 Å². The Morgan fingerprint density at radius 1 is 1.21 bits per heavy atom. The lowest BCUT2D eigenvalue weighted by Crippen LogP contribution is -2.37. The van der Waals surface area contributed by atoms with Crippen molar-refractivity contribution >= 4 is 17.2 Å². The molecule has 0 spiro atoms. The Kier molecular flexibility index (Phi) is 6.85. The Morgan fingerprint density at radius 3 is 2.70 bits per heavy atom. The van der Waals surface area contributed by atoms with Crippen molar-refractivity contribution in [3.05, 3.63) is 53.7 Å². The van der Waals surface area contributed by atoms with Crippen LogP contribution in [-0.2, 0) is 15.1 Å². The van der Waals surface area contributed by atoms with Crippen LogP contribution < -0.4 is 10.1 Å². The normalized spacial score (nSPS) is 15.7. The molecule has 1 aliphatic rings. The van der Waals surface area contributed by atoms with E-state index in [-0.39, 0.29) is 5.69 Å². The van der Waals surface area contributed by atoms with Gasteiger partial charge in [0, 0.05) is 51.1 Å². The average Bonchev–Trinajstić information content (AvgIpc) is 3.24. The number of rotatable bonds is 8. The minimum absolute atomic E-state index is 0.112. The second-order valence-electron chi connectivity index (χ2n) is 7.62. The Bertz CT molecular complexity index is 1120. The zero-order valence-corrected chi connectivity index (χ0v) is 18.5. The largest absolute Gasteiger partial charge is 0.491 e. The zero-order chi connectivity index (χ0) is 23.4. The number of anilines is 1. The van der Waals surface area contributed by atoms with Crippen molar-refractivity contribution in [2.24, 2.45) is 0 Å². The van der Waals surface area contributed by atoms with Gasteiger partial charge in [-0.25, -0.2) is 18.7 Å². The van der Waals surface area contributed by atoms with Crippen molar-refractivity contribution in [3.8, 4) is 5.75 Å². The highest BCUT2D eigenvalue weighted by Gasteiger charge is 2.37. The minimum atomic E-state index is -2.76. The first-order chi connectivity index (χ1) is 16.0. The van der Waals surface area contributed by atoms with E-state index in [2.05, 4.69) is 10.3 Å². The number of hydrogen-bond donors (Lipinski definition) is 1. The number of aromatic nitrogens is 3. The topological polar surface area (TPSA) is 87.0 Å². The number of carbonyl (C=O) groups excluding carboxylic acids is 1. The lowest BCUT2D eigenvalue weighted by molar-refractivity contribution is -0.115. The van der Waals surface area contributed by atoms with Gasteiger partial charge in [-0.3, -0.25) is 4.79 Å². The number of nitrogens with one attached hydrogen (secondary N) is 1. The summed E-state index contributed by atoms with van der Waals surface area (Å²) in [6.07, 6.45) is 2.18. The van der Waals surface area contributed by atoms with Crippen LogP contribution in [0.4, 0.5) is 14.5 Å². The first kappa shape index (κ1) is 23.1. The van der Waals surface area contributed by atoms with Crippen LogP contribution in [0.1, 0.15) is 55.0 Å². The van der Waals surface area contributed by atoms with Crippen molar-refractivity contribution in [3.63, 3.8) is 0 Å². The standard InChI is InChI=1S/C23H26F2N4O4/c1-3-32-18-12-20-28-19(23(33-4-2)8-10-31-11-9-23)14-29(20)13-17(18)27-22(30)16-7-5-6-15(26-16)21(24)25/h5-7,12-14,21H,3-4,8-11H2,1-2H3,(H,27,30). The van der Waals surface area contributed by atoms with Crippen molar-refractivity contribution in [2.75, 3.05) is 31.7 Å². The zero-order valence-electron chi connectivity index (χ0n) is 18.5. The number of halogens is 2. The molecule has 176 valence electrons. The van der Waals surface area contributed by atoms with Gasteiger partial charge >= 0.3 is 0 Å². The summed E-state index contributed by atoms with van der Waals surface area (Å²) in [4.78, 5) is 21.3. The number of pyridine rings is 2. The predicted octanol–water partition coefficient (Wildman–Crippen LogP) is 4.36. The van der Waals surface area contributed by atoms with Crippen molar-refractivity contribution in [2.45, 2.75) is 38.7 Å². The summed E-state index contributed by atoms with van der Waals surface area (Å²) in [6, 6.07) is 5.66. The molecule has 0 aromatic carbocycles. The molecule has 4 heterocycles. The highest BCUT2D eigenvalue weighted by Crippen LogP contribution is 2.37. The molecule has 3 aromatic rings. The predicted molar refractivity (Wildman–Crippen MR) is 117 cm³/mol. The van der Waals surface area contributed by atoms with E-state index in [1.165, 1.54) is 18.2 Å². The molecule has 1 fully saturated rings. The molecule has 33 heavy (non-hydrogen) atoms. The molecule has 3 aromatic heterocycles. The van der Waals surface area contributed by atoms with Gasteiger partial charge in [-0.2, -0.15) is 0 Å². The molecule has 0 aliphatic carbocycles. The van der Waals surface area contributed by atoms with Gasteiger partial charge in [-0.1, -0.05) is 6.07 Å². The van der Waals surface area contributed by atoms with Crippen LogP contribution in [0.2, 0.25) is 0 Å². The molecule has 1 amide bonds. The molecule has 0 unspecified atom stereocenters. The molecule has 1 saturated heterocycles. The SMILES string of the molecule is CCOc1cc2nc(C3(OCC)CCOCC3)cn2cc1NC(=O)c1cccc(C(F)F)n1. The number of alkyl halides is 2. The first-order valence-corrected chi connectivity index (χ1v) is 10.9. The summed E-state index contributed by atoms with van der Waals surface area (Å²) in [6.45, 7) is 5.86. The third kappa shape index (κ3) is 4.81. The van der Waals surface area contributed by atoms with Crippen molar-refractivity contribution in [1.29, 1.82) is 0 Å². The lowest BCUT2D eigenvalue weighted by Gasteiger charge is -2.35. The fraction of sp³-hybridized carbons (Fsp3) is 0.435. The fourth-order valence-electron chi connectivity index (χ4n) is 3.94. The van der Waals surface area contributed by atoms with E-state index in [0.717, 1.165) is 5.69 Å². The number of carbonyl (C=O) groups is 1. The molecular weight excluding hydrogens is 434 g/mol. The summed E-state index contributed by atoms with van der Waals surface area (Å²) in [5.74, 6) is -0.202. The van der Waals surface area contributed by atoms with E-state index in [4.69, 9.17) is 19.2 Å². The van der Waals surface area contributed by atoms with Gasteiger partial charge in [0.15, 0.2) is 0 Å². The first-order valence-electron chi connectivity index (χ1n) is 10.9. The van der Waals surface area contributed by atoms with Crippen LogP contribution >= 0.6 is 0 Å². The van der Waals surface area contributed by atoms with E-state index in [9.17, 15) is 13.6 Å². The third-order valence-corrected chi connectivity index (χ3v) is 5.52. The molecule has 0 radical (unpaired) electrons. The molecule has 0 saturated carbocycles. The van der Waals surface area contributed by atoms with Gasteiger partial charge in [0.2, 0.25) is 0 Å². The maximum Gasteiger partial charge on any atom is 0.280 e. The summed E-state index contributed by atoms with van der Waals surface area (Å²) < 4.78 is 45.1. The van der Waals surface area contributed by atoms with Gasteiger partial charge in [-0.05, 0) is 26.0 Å². The molecule has 4 rings (SSSR count). The Morgan fingerprint density at radius 2 is 2.00 bits per heavy atom. The smallest absolute Gasteiger partial charge is 0.280 e. The minimum Gasteiger partial charge on any atom is -0.491 e. The molecule has 0 atom stereocenters. The number of nitrogens with zero attached hydrogens (tertiary/aromatic N) is 3. The van der Waals surface area contributed by atoms with Crippen LogP contribution in [0.5, 0.6) is 5.75 Å². The summed E-state index contributed by atoms with van der Waals surface area (Å²) in [5.41, 5.74) is 0.687. The molecule has 1 N–H and O–H groups in total. The number of hydrogen-bond acceptors (Lipinski definition) is 6. The van der Waals surface area contributed by atoms with Gasteiger partial charge in [0.25, 0.3) is 12.3 Å². The van der Waals surface area contributed by atoms with E-state index in [1.54, 1.807) is 16.7 Å². The fourth-order valence-corrected chi connectivity index (χ4v) is 3.94. The van der Waals surface area contributed by atoms with Gasteiger partial charge in [-0.15, -0.1) is 0 Å². The molecule has 0 bridgehead atoms. The molecular formula is C23H26F2N4O4. The van der Waals surface area contributed by atoms with Crippen LogP contribution in [0, 0.1) is 0 Å². The second kappa shape index (κ2) is 9.80. The van der Waals surface area contributed by atoms with E-state index in [0.29, 0.717) is 56.4 Å². The number of ether oxygens (including phenoxy) is 3. The molecule has 10 heteroatoms. The summed E-state index contributed by atoms with van der Waals surface area (Å²) in [5, 5.41) is 2.72. The van der Waals surface area contributed by atoms with Crippen molar-refractivity contribution < 1.29 is 27.8 Å². The maximum atomic E-state index is 13.0. The number of amides is 1. The maximum absolute atomic E-state index is 13.0. The van der Waals surface area contributed by atoms with E-state index >= 15 is 0 Å². The van der Waals surface area contributed by atoms with Crippen molar-refractivity contribution in [1.82, 2.24) is 14.4 Å². The Balaban J connectivity index is 1.68. The monoisotopic (exact) mass is 460 g/mol. The van der Waals surface area contributed by atoms with Crippen LogP contribution in [0.15, 0.2) is 36.7 Å². The molecule has 1 aliphatic heterocycles. The number of fused-ring (bicyclic) bond motifs is 1. The highest BCUT2D eigenvalue weighted by molar-refractivity contribution is 6.03. The number of imidazole rings is 1. The van der Waals surface area contributed by atoms with Crippen LogP contribution in [-0.4, -0.2) is 46.7 Å². The Labute approximate surface area is 189 Å². The second-order valence-corrected chi connectivity index (χ2v) is 7.62. The summed E-state index contributed by atoms with van der Waals surface area (Å²) in [7, 11) is 0. The van der Waals surface area contributed by atoms with Gasteiger partial charge in [0.05, 0.1) is 12.3 Å². The lowest BCUT2D eigenvalue weighted by atomic mass is 9.91. The Hall–Kier alpha value is -3.11. The van der Waals surface area contributed by atoms with E-state index < -0.39 is 23.6 Å². The van der Waals surface area contributed by atoms with Gasteiger partial charge in [0.1, 0.15) is 34.1 Å². The molecule has 8 nitrogen and oxygen atoms in total. The van der Waals surface area contributed by atoms with Crippen LogP contribution in [0.25, 0.3) is 5.65 Å². The van der Waals surface area contributed by atoms with E-state index in [1.807, 2.05) is 20.0 Å². The highest BCUT2D eigenvalue weighted by atomic mass is 19.3. The third-order valence-electron chi connectivity index (χ3n) is 5.52. The van der Waals surface area contributed by atoms with Gasteiger partial charge < -0.3 is 23.9 Å². The summed E-state index contributed by atoms with van der Waals surface area (Å²) >= 11 is 0. The average molecular weight is 460 g/mol. The quantitative estimate of drug-likeness (QED) is 0.538.